The summed E-state index contributed by atoms with van der Waals surface area (Å²) in [5, 5.41) is 25.9. The normalized spacial score (nSPS) is 15.5. The van der Waals surface area contributed by atoms with Crippen molar-refractivity contribution < 1.29 is 34.2 Å². The zero-order valence-electron chi connectivity index (χ0n) is 17.1. The number of nitrogens with zero attached hydrogens (tertiary/aromatic N) is 1. The van der Waals surface area contributed by atoms with Gasteiger partial charge in [-0.1, -0.05) is 0 Å². The maximum atomic E-state index is 12.7. The number of hydrogen-bond acceptors (Lipinski definition) is 9. The number of aliphatic carboxylic acids is 1. The van der Waals surface area contributed by atoms with E-state index in [0.717, 1.165) is 0 Å². The smallest absolute Gasteiger partial charge is 0.327 e. The highest BCUT2D eigenvalue weighted by Gasteiger charge is 2.32. The van der Waals surface area contributed by atoms with E-state index in [0.29, 0.717) is 5.69 Å². The minimum absolute atomic E-state index is 0.0991. The number of H-pyrrole nitrogens is 1. The monoisotopic (exact) mass is 473 g/mol. The molecule has 10 N–H and O–H groups in total. The molecule has 15 heteroatoms. The summed E-state index contributed by atoms with van der Waals surface area (Å²) in [4.78, 5) is 66.2. The number of nitrogens with one attached hydrogen (secondary N) is 4. The fourth-order valence-corrected chi connectivity index (χ4v) is 2.77. The third-order valence-electron chi connectivity index (χ3n) is 4.23. The molecular weight excluding hydrogens is 446 g/mol. The molecule has 0 saturated carbocycles. The summed E-state index contributed by atoms with van der Waals surface area (Å²) in [6.07, 6.45) is 0.762. The number of aromatic amines is 1. The van der Waals surface area contributed by atoms with Crippen molar-refractivity contribution in [2.24, 2.45) is 11.5 Å². The van der Waals surface area contributed by atoms with E-state index < -0.39 is 66.3 Å². The number of rotatable bonds is 13. The van der Waals surface area contributed by atoms with Crippen molar-refractivity contribution in [3.8, 4) is 0 Å². The highest BCUT2D eigenvalue weighted by Crippen LogP contribution is 2.03. The van der Waals surface area contributed by atoms with Crippen LogP contribution in [0.1, 0.15) is 19.0 Å². The third-order valence-corrected chi connectivity index (χ3v) is 4.59. The number of aromatic nitrogens is 2. The fourth-order valence-electron chi connectivity index (χ4n) is 2.52. The minimum atomic E-state index is -1.53. The number of amides is 4. The van der Waals surface area contributed by atoms with Crippen LogP contribution in [0.15, 0.2) is 12.5 Å². The van der Waals surface area contributed by atoms with Crippen LogP contribution in [0.25, 0.3) is 0 Å². The molecule has 4 amide bonds. The molecule has 178 valence electrons. The fraction of sp³-hybridized carbons (Fsp3) is 0.529. The number of hydrogen-bond donors (Lipinski definition) is 9. The molecule has 0 fully saturated rings. The van der Waals surface area contributed by atoms with Crippen LogP contribution >= 0.6 is 12.6 Å². The van der Waals surface area contributed by atoms with Crippen LogP contribution in [0.5, 0.6) is 0 Å². The Morgan fingerprint density at radius 3 is 2.22 bits per heavy atom. The van der Waals surface area contributed by atoms with Gasteiger partial charge in [-0.3, -0.25) is 19.2 Å². The average molecular weight is 474 g/mol. The van der Waals surface area contributed by atoms with Gasteiger partial charge >= 0.3 is 5.97 Å². The van der Waals surface area contributed by atoms with Gasteiger partial charge in [0.1, 0.15) is 18.1 Å². The minimum Gasteiger partial charge on any atom is -0.480 e. The van der Waals surface area contributed by atoms with E-state index in [1.165, 1.54) is 19.4 Å². The summed E-state index contributed by atoms with van der Waals surface area (Å²) in [7, 11) is 0. The number of carboxylic acid groups (broad SMARTS) is 1. The Morgan fingerprint density at radius 1 is 1.12 bits per heavy atom. The molecular formula is C17H27N7O7S. The Bertz CT molecular complexity index is 818. The van der Waals surface area contributed by atoms with E-state index in [1.54, 1.807) is 0 Å². The van der Waals surface area contributed by atoms with Crippen LogP contribution < -0.4 is 27.4 Å². The van der Waals surface area contributed by atoms with Crippen molar-refractivity contribution in [3.05, 3.63) is 18.2 Å². The van der Waals surface area contributed by atoms with Crippen molar-refractivity contribution in [1.29, 1.82) is 0 Å². The number of aliphatic hydroxyl groups is 1. The van der Waals surface area contributed by atoms with E-state index in [2.05, 4.69) is 38.5 Å². The zero-order valence-corrected chi connectivity index (χ0v) is 18.0. The van der Waals surface area contributed by atoms with Gasteiger partial charge in [0.25, 0.3) is 0 Å². The summed E-state index contributed by atoms with van der Waals surface area (Å²) in [5.41, 5.74) is 11.0. The molecule has 0 aliphatic heterocycles. The topological polar surface area (TPSA) is 243 Å². The highest BCUT2D eigenvalue weighted by atomic mass is 32.1. The zero-order chi connectivity index (χ0) is 24.4. The van der Waals surface area contributed by atoms with Crippen molar-refractivity contribution in [2.45, 2.75) is 50.0 Å². The van der Waals surface area contributed by atoms with Crippen molar-refractivity contribution >= 4 is 42.2 Å². The van der Waals surface area contributed by atoms with Gasteiger partial charge in [0.2, 0.25) is 23.6 Å². The molecule has 14 nitrogen and oxygen atoms in total. The molecule has 0 aliphatic carbocycles. The van der Waals surface area contributed by atoms with Gasteiger partial charge in [-0.25, -0.2) is 9.78 Å². The number of carbonyl (C=O) groups excluding carboxylic acids is 4. The lowest BCUT2D eigenvalue weighted by Gasteiger charge is -2.26. The lowest BCUT2D eigenvalue weighted by atomic mass is 10.1. The van der Waals surface area contributed by atoms with Gasteiger partial charge < -0.3 is 42.6 Å². The average Bonchev–Trinajstić information content (AvgIpc) is 3.21. The summed E-state index contributed by atoms with van der Waals surface area (Å²) in [6, 6.07) is -5.48. The van der Waals surface area contributed by atoms with Gasteiger partial charge in [0.05, 0.1) is 24.9 Å². The standard InChI is InChI=1S/C17H27N7O7S/c1-7(25)13(24-14(27)9(18)3-12(19)26)16(29)22-10(2-8-4-20-6-21-8)15(28)23-11(5-32)17(30)31/h4,6-7,9-11,13,25,32H,2-3,5,18H2,1H3,(H2,19,26)(H,20,21)(H,22,29)(H,23,28)(H,24,27)(H,30,31). The van der Waals surface area contributed by atoms with Crippen LogP contribution in [0.2, 0.25) is 0 Å². The van der Waals surface area contributed by atoms with Gasteiger partial charge in [-0.2, -0.15) is 12.6 Å². The van der Waals surface area contributed by atoms with Gasteiger partial charge in [0.15, 0.2) is 0 Å². The molecule has 0 saturated heterocycles. The first-order valence-corrected chi connectivity index (χ1v) is 10.0. The van der Waals surface area contributed by atoms with Gasteiger partial charge in [-0.15, -0.1) is 0 Å². The van der Waals surface area contributed by atoms with Gasteiger partial charge in [0, 0.05) is 24.1 Å². The number of carboxylic acids is 1. The Balaban J connectivity index is 2.99. The highest BCUT2D eigenvalue weighted by molar-refractivity contribution is 7.80. The maximum absolute atomic E-state index is 12.7. The molecule has 32 heavy (non-hydrogen) atoms. The summed E-state index contributed by atoms with van der Waals surface area (Å²) in [6.45, 7) is 1.22. The molecule has 1 aromatic heterocycles. The Kier molecular flexibility index (Phi) is 10.6. The first kappa shape index (κ1) is 26.9. The summed E-state index contributed by atoms with van der Waals surface area (Å²) in [5.74, 6) is -5.06. The second-order valence-electron chi connectivity index (χ2n) is 6.93. The molecule has 1 rings (SSSR count). The number of imidazole rings is 1. The number of thiol groups is 1. The molecule has 1 heterocycles. The molecule has 5 unspecified atom stereocenters. The van der Waals surface area contributed by atoms with Crippen molar-refractivity contribution in [2.75, 3.05) is 5.75 Å². The van der Waals surface area contributed by atoms with E-state index in [9.17, 15) is 29.1 Å². The largest absolute Gasteiger partial charge is 0.480 e. The SMILES string of the molecule is CC(O)C(NC(=O)C(N)CC(N)=O)C(=O)NC(Cc1cnc[nH]1)C(=O)NC(CS)C(=O)O. The van der Waals surface area contributed by atoms with E-state index >= 15 is 0 Å². The van der Waals surface area contributed by atoms with Gasteiger partial charge in [-0.05, 0) is 6.92 Å². The van der Waals surface area contributed by atoms with Crippen LogP contribution in [0.3, 0.4) is 0 Å². The Labute approximate surface area is 188 Å². The third kappa shape index (κ3) is 8.52. The lowest BCUT2D eigenvalue weighted by molar-refractivity contribution is -0.141. The number of nitrogens with two attached hydrogens (primary N) is 2. The Hall–Kier alpha value is -3.17. The predicted octanol–water partition coefficient (Wildman–Crippen LogP) is -4.00. The van der Waals surface area contributed by atoms with Crippen molar-refractivity contribution in [1.82, 2.24) is 25.9 Å². The molecule has 0 aromatic carbocycles. The van der Waals surface area contributed by atoms with E-state index in [-0.39, 0.29) is 12.2 Å². The van der Waals surface area contributed by atoms with Crippen molar-refractivity contribution in [3.63, 3.8) is 0 Å². The molecule has 0 radical (unpaired) electrons. The second-order valence-corrected chi connectivity index (χ2v) is 7.29. The first-order valence-electron chi connectivity index (χ1n) is 9.40. The lowest BCUT2D eigenvalue weighted by Crippen LogP contribution is -2.60. The summed E-state index contributed by atoms with van der Waals surface area (Å²) >= 11 is 3.87. The Morgan fingerprint density at radius 2 is 1.75 bits per heavy atom. The maximum Gasteiger partial charge on any atom is 0.327 e. The molecule has 0 bridgehead atoms. The van der Waals surface area contributed by atoms with Crippen LogP contribution in [-0.2, 0) is 30.4 Å². The number of primary amides is 1. The first-order chi connectivity index (χ1) is 15.0. The molecule has 5 atom stereocenters. The quantitative estimate of drug-likeness (QED) is 0.127. The molecule has 1 aromatic rings. The van der Waals surface area contributed by atoms with Crippen LogP contribution in [0, 0.1) is 0 Å². The second kappa shape index (κ2) is 12.6. The summed E-state index contributed by atoms with van der Waals surface area (Å²) < 4.78 is 0. The van der Waals surface area contributed by atoms with E-state index in [1.807, 2.05) is 0 Å². The molecule has 0 spiro atoms. The van der Waals surface area contributed by atoms with Crippen LogP contribution in [-0.4, -0.2) is 85.8 Å². The predicted molar refractivity (Wildman–Crippen MR) is 113 cm³/mol. The number of aliphatic hydroxyl groups excluding tert-OH is 1. The number of carbonyl (C=O) groups is 5. The molecule has 0 aliphatic rings. The van der Waals surface area contributed by atoms with Crippen LogP contribution in [0.4, 0.5) is 0 Å². The van der Waals surface area contributed by atoms with E-state index in [4.69, 9.17) is 16.6 Å².